The van der Waals surface area contributed by atoms with Crippen LogP contribution < -0.4 is 15.8 Å². The molecule has 0 aromatic heterocycles. The van der Waals surface area contributed by atoms with Crippen molar-refractivity contribution in [3.05, 3.63) is 29.8 Å². The van der Waals surface area contributed by atoms with Gasteiger partial charge in [-0.1, -0.05) is 26.0 Å². The van der Waals surface area contributed by atoms with E-state index in [1.807, 2.05) is 45.0 Å². The van der Waals surface area contributed by atoms with Crippen LogP contribution in [0, 0.1) is 0 Å². The summed E-state index contributed by atoms with van der Waals surface area (Å²) in [5, 5.41) is 2.98. The largest absolute Gasteiger partial charge is 0.481 e. The highest BCUT2D eigenvalue weighted by Gasteiger charge is 2.22. The maximum atomic E-state index is 12.1. The van der Waals surface area contributed by atoms with Crippen molar-refractivity contribution in [3.8, 4) is 5.75 Å². The molecule has 0 radical (unpaired) electrons. The Morgan fingerprint density at radius 2 is 1.86 bits per heavy atom. The molecule has 2 atom stereocenters. The number of hydrogen-bond donors (Lipinski definition) is 2. The summed E-state index contributed by atoms with van der Waals surface area (Å²) in [6.45, 7) is 9.85. The number of nitrogens with one attached hydrogen (secondary N) is 1. The molecule has 0 aliphatic carbocycles. The molecule has 0 saturated heterocycles. The molecule has 1 rings (SSSR count). The SMILES string of the molecule is CC[C@H](N)c1ccc(OC(C)C(=O)NC(C)(C)CC)cc1. The Bertz CT molecular complexity index is 454. The van der Waals surface area contributed by atoms with Gasteiger partial charge in [0.2, 0.25) is 0 Å². The van der Waals surface area contributed by atoms with Gasteiger partial charge in [-0.25, -0.2) is 0 Å². The van der Waals surface area contributed by atoms with E-state index >= 15 is 0 Å². The van der Waals surface area contributed by atoms with Crippen molar-refractivity contribution >= 4 is 5.91 Å². The third-order valence-corrected chi connectivity index (χ3v) is 3.78. The second kappa shape index (κ2) is 7.46. The average Bonchev–Trinajstić information content (AvgIpc) is 2.46. The van der Waals surface area contributed by atoms with Crippen LogP contribution in [-0.4, -0.2) is 17.6 Å². The van der Waals surface area contributed by atoms with Crippen molar-refractivity contribution in [1.82, 2.24) is 5.32 Å². The van der Waals surface area contributed by atoms with E-state index in [0.29, 0.717) is 5.75 Å². The van der Waals surface area contributed by atoms with E-state index < -0.39 is 6.10 Å². The van der Waals surface area contributed by atoms with Crippen LogP contribution in [0.3, 0.4) is 0 Å². The Hall–Kier alpha value is -1.55. The molecular weight excluding hydrogens is 264 g/mol. The summed E-state index contributed by atoms with van der Waals surface area (Å²) in [5.74, 6) is 0.579. The van der Waals surface area contributed by atoms with E-state index in [1.54, 1.807) is 6.92 Å². The van der Waals surface area contributed by atoms with Crippen LogP contribution in [0.1, 0.15) is 59.1 Å². The van der Waals surface area contributed by atoms with Crippen LogP contribution >= 0.6 is 0 Å². The predicted octanol–water partition coefficient (Wildman–Crippen LogP) is 3.17. The molecule has 0 aliphatic rings. The minimum Gasteiger partial charge on any atom is -0.481 e. The minimum absolute atomic E-state index is 0.0464. The highest BCUT2D eigenvalue weighted by atomic mass is 16.5. The first-order valence-corrected chi connectivity index (χ1v) is 7.63. The number of nitrogens with two attached hydrogens (primary N) is 1. The number of benzene rings is 1. The first-order chi connectivity index (χ1) is 9.79. The van der Waals surface area contributed by atoms with Gasteiger partial charge in [0.05, 0.1) is 0 Å². The van der Waals surface area contributed by atoms with Gasteiger partial charge < -0.3 is 15.8 Å². The number of amides is 1. The fourth-order valence-electron chi connectivity index (χ4n) is 1.81. The van der Waals surface area contributed by atoms with Crippen LogP contribution in [0.2, 0.25) is 0 Å². The van der Waals surface area contributed by atoms with Gasteiger partial charge in [-0.2, -0.15) is 0 Å². The van der Waals surface area contributed by atoms with E-state index in [4.69, 9.17) is 10.5 Å². The van der Waals surface area contributed by atoms with Gasteiger partial charge in [0, 0.05) is 11.6 Å². The topological polar surface area (TPSA) is 64.3 Å². The number of carbonyl (C=O) groups excluding carboxylic acids is 1. The molecule has 1 unspecified atom stereocenters. The standard InChI is InChI=1S/C17H28N2O2/c1-6-15(18)13-8-10-14(11-9-13)21-12(3)16(20)19-17(4,5)7-2/h8-12,15H,6-7,18H2,1-5H3,(H,19,20)/t12?,15-/m0/s1. The van der Waals surface area contributed by atoms with E-state index in [2.05, 4.69) is 12.2 Å². The molecule has 0 spiro atoms. The normalized spacial score (nSPS) is 14.4. The fourth-order valence-corrected chi connectivity index (χ4v) is 1.81. The third-order valence-electron chi connectivity index (χ3n) is 3.78. The zero-order chi connectivity index (χ0) is 16.0. The number of hydrogen-bond acceptors (Lipinski definition) is 3. The number of ether oxygens (including phenoxy) is 1. The van der Waals surface area contributed by atoms with Crippen molar-refractivity contribution in [3.63, 3.8) is 0 Å². The zero-order valence-corrected chi connectivity index (χ0v) is 13.8. The van der Waals surface area contributed by atoms with Gasteiger partial charge in [0.1, 0.15) is 5.75 Å². The summed E-state index contributed by atoms with van der Waals surface area (Å²) < 4.78 is 5.68. The number of rotatable bonds is 7. The monoisotopic (exact) mass is 292 g/mol. The fraction of sp³-hybridized carbons (Fsp3) is 0.588. The molecule has 0 bridgehead atoms. The molecule has 0 fully saturated rings. The van der Waals surface area contributed by atoms with E-state index in [-0.39, 0.29) is 17.5 Å². The van der Waals surface area contributed by atoms with E-state index in [0.717, 1.165) is 18.4 Å². The summed E-state index contributed by atoms with van der Waals surface area (Å²) >= 11 is 0. The molecule has 0 heterocycles. The van der Waals surface area contributed by atoms with Crippen molar-refractivity contribution in [2.45, 2.75) is 65.1 Å². The molecule has 21 heavy (non-hydrogen) atoms. The molecule has 3 N–H and O–H groups in total. The molecule has 0 saturated carbocycles. The highest BCUT2D eigenvalue weighted by Crippen LogP contribution is 2.19. The van der Waals surface area contributed by atoms with Crippen molar-refractivity contribution in [2.75, 3.05) is 0 Å². The molecule has 4 heteroatoms. The summed E-state index contributed by atoms with van der Waals surface area (Å²) in [4.78, 5) is 12.1. The molecular formula is C17H28N2O2. The Kier molecular flexibility index (Phi) is 6.21. The van der Waals surface area contributed by atoms with Gasteiger partial charge in [-0.3, -0.25) is 4.79 Å². The van der Waals surface area contributed by atoms with Gasteiger partial charge in [-0.15, -0.1) is 0 Å². The molecule has 1 amide bonds. The van der Waals surface area contributed by atoms with Crippen LogP contribution in [-0.2, 0) is 4.79 Å². The van der Waals surface area contributed by atoms with Crippen LogP contribution in [0.25, 0.3) is 0 Å². The first kappa shape index (κ1) is 17.5. The Labute approximate surface area is 128 Å². The lowest BCUT2D eigenvalue weighted by atomic mass is 10.0. The lowest BCUT2D eigenvalue weighted by Gasteiger charge is -2.26. The Balaban J connectivity index is 2.62. The van der Waals surface area contributed by atoms with Crippen molar-refractivity contribution in [1.29, 1.82) is 0 Å². The maximum absolute atomic E-state index is 12.1. The summed E-state index contributed by atoms with van der Waals surface area (Å²) in [6, 6.07) is 7.66. The Morgan fingerprint density at radius 1 is 1.29 bits per heavy atom. The van der Waals surface area contributed by atoms with Crippen LogP contribution in [0.15, 0.2) is 24.3 Å². The first-order valence-electron chi connectivity index (χ1n) is 7.63. The van der Waals surface area contributed by atoms with Crippen LogP contribution in [0.4, 0.5) is 0 Å². The number of carbonyl (C=O) groups is 1. The zero-order valence-electron chi connectivity index (χ0n) is 13.8. The molecule has 0 aliphatic heterocycles. The summed E-state index contributed by atoms with van der Waals surface area (Å²) in [5.41, 5.74) is 6.84. The average molecular weight is 292 g/mol. The highest BCUT2D eigenvalue weighted by molar-refractivity contribution is 5.81. The predicted molar refractivity (Wildman–Crippen MR) is 86.3 cm³/mol. The van der Waals surface area contributed by atoms with E-state index in [1.165, 1.54) is 0 Å². The quantitative estimate of drug-likeness (QED) is 0.811. The Morgan fingerprint density at radius 3 is 2.33 bits per heavy atom. The lowest BCUT2D eigenvalue weighted by molar-refractivity contribution is -0.128. The second-order valence-corrected chi connectivity index (χ2v) is 6.07. The molecule has 4 nitrogen and oxygen atoms in total. The van der Waals surface area contributed by atoms with Gasteiger partial charge in [0.15, 0.2) is 6.10 Å². The summed E-state index contributed by atoms with van der Waals surface area (Å²) in [6.07, 6.45) is 1.24. The van der Waals surface area contributed by atoms with Crippen molar-refractivity contribution in [2.24, 2.45) is 5.73 Å². The molecule has 1 aromatic rings. The molecule has 1 aromatic carbocycles. The van der Waals surface area contributed by atoms with Gasteiger partial charge >= 0.3 is 0 Å². The lowest BCUT2D eigenvalue weighted by Crippen LogP contribution is -2.48. The van der Waals surface area contributed by atoms with Crippen molar-refractivity contribution < 1.29 is 9.53 Å². The second-order valence-electron chi connectivity index (χ2n) is 6.07. The van der Waals surface area contributed by atoms with Gasteiger partial charge in [0.25, 0.3) is 5.91 Å². The summed E-state index contributed by atoms with van der Waals surface area (Å²) in [7, 11) is 0. The van der Waals surface area contributed by atoms with Crippen LogP contribution in [0.5, 0.6) is 5.75 Å². The van der Waals surface area contributed by atoms with Gasteiger partial charge in [-0.05, 0) is 51.3 Å². The van der Waals surface area contributed by atoms with E-state index in [9.17, 15) is 4.79 Å². The third kappa shape index (κ3) is 5.38. The maximum Gasteiger partial charge on any atom is 0.261 e. The minimum atomic E-state index is -0.526. The smallest absolute Gasteiger partial charge is 0.261 e. The molecule has 118 valence electrons.